The summed E-state index contributed by atoms with van der Waals surface area (Å²) in [6.45, 7) is 0.251. The van der Waals surface area contributed by atoms with E-state index in [-0.39, 0.29) is 88.0 Å². The zero-order valence-electron chi connectivity index (χ0n) is 43.0. The van der Waals surface area contributed by atoms with E-state index in [9.17, 15) is 62.6 Å². The maximum absolute atomic E-state index is 14.1. The largest absolute Gasteiger partial charge is 0.497 e. The number of carboxylic acids is 1. The SMILES string of the molecule is COc1ccc(C[C@H](NC(=O)[C@H](CC(=O)O)NC(=O)CNC(=O)[C@H](CCCN=C(N)N)NC(=O)[C@@H]2CCCN2C(=O)[C@H](CC(N)=O)NC(=O)[C@H](CS)NC(C)=O)C(=O)N[C@H](CCCN=C(N)N)C(=O)N[C@@H](CS)C(N)=O)cc1. The molecule has 1 aliphatic rings. The molecular formula is C45H71N17O14S2. The molecule has 1 heterocycles. The summed E-state index contributed by atoms with van der Waals surface area (Å²) in [7, 11) is 1.42. The maximum atomic E-state index is 14.1. The molecule has 2 rings (SSSR count). The van der Waals surface area contributed by atoms with E-state index in [4.69, 9.17) is 39.1 Å². The number of amides is 11. The number of aliphatic carboxylic acids is 1. The summed E-state index contributed by atoms with van der Waals surface area (Å²) in [5.74, 6) is -12.1. The number of aliphatic imine (C=N–C) groups is 2. The molecule has 0 saturated carbocycles. The van der Waals surface area contributed by atoms with Crippen LogP contribution in [-0.4, -0.2) is 186 Å². The number of guanidine groups is 2. The van der Waals surface area contributed by atoms with Crippen LogP contribution in [0.25, 0.3) is 0 Å². The molecule has 8 atom stereocenters. The number of primary amides is 2. The summed E-state index contributed by atoms with van der Waals surface area (Å²) in [4.78, 5) is 166. The summed E-state index contributed by atoms with van der Waals surface area (Å²) in [5, 5.41) is 29.0. The van der Waals surface area contributed by atoms with Crippen molar-refractivity contribution >= 4 is 108 Å². The molecule has 1 aromatic carbocycles. The number of thiol groups is 2. The van der Waals surface area contributed by atoms with Crippen LogP contribution < -0.4 is 81.7 Å². The number of likely N-dealkylation sites (tertiary alicyclic amines) is 1. The first kappa shape index (κ1) is 66.0. The molecule has 432 valence electrons. The third-order valence-corrected chi connectivity index (χ3v) is 12.1. The molecule has 0 bridgehead atoms. The lowest BCUT2D eigenvalue weighted by molar-refractivity contribution is -0.143. The highest BCUT2D eigenvalue weighted by molar-refractivity contribution is 7.80. The fourth-order valence-electron chi connectivity index (χ4n) is 7.58. The number of benzene rings is 1. The fraction of sp³-hybridized carbons (Fsp3) is 0.556. The molecule has 0 radical (unpaired) electrons. The average Bonchev–Trinajstić information content (AvgIpc) is 3.88. The number of carbonyl (C=O) groups excluding carboxylic acids is 11. The molecule has 1 fully saturated rings. The topological polar surface area (TPSA) is 515 Å². The lowest BCUT2D eigenvalue weighted by Crippen LogP contribution is -2.59. The van der Waals surface area contributed by atoms with E-state index in [0.29, 0.717) is 11.3 Å². The van der Waals surface area contributed by atoms with Crippen molar-refractivity contribution in [3.05, 3.63) is 29.8 Å². The van der Waals surface area contributed by atoms with Crippen LogP contribution >= 0.6 is 25.3 Å². The van der Waals surface area contributed by atoms with Crippen molar-refractivity contribution in [2.24, 2.45) is 44.4 Å². The van der Waals surface area contributed by atoms with E-state index >= 15 is 0 Å². The number of hydrogen-bond donors (Lipinski definition) is 17. The fourth-order valence-corrected chi connectivity index (χ4v) is 8.11. The first-order valence-corrected chi connectivity index (χ1v) is 25.5. The van der Waals surface area contributed by atoms with Crippen molar-refractivity contribution in [2.45, 2.75) is 113 Å². The van der Waals surface area contributed by atoms with E-state index in [0.717, 1.165) is 11.8 Å². The van der Waals surface area contributed by atoms with Gasteiger partial charge in [0.2, 0.25) is 65.0 Å². The van der Waals surface area contributed by atoms with Gasteiger partial charge in [-0.15, -0.1) is 0 Å². The van der Waals surface area contributed by atoms with Crippen LogP contribution in [0.3, 0.4) is 0 Å². The molecule has 21 N–H and O–H groups in total. The van der Waals surface area contributed by atoms with Gasteiger partial charge in [-0.05, 0) is 56.2 Å². The summed E-state index contributed by atoms with van der Waals surface area (Å²) < 4.78 is 5.20. The molecule has 0 aromatic heterocycles. The van der Waals surface area contributed by atoms with Crippen LogP contribution in [0.15, 0.2) is 34.3 Å². The second-order valence-electron chi connectivity index (χ2n) is 17.6. The Morgan fingerprint density at radius 1 is 0.654 bits per heavy atom. The molecular weight excluding hydrogens is 1070 g/mol. The third kappa shape index (κ3) is 23.8. The standard InChI is InChI=1S/C45H71N17O14S2/c1-22(63)55-31(21-78)41(73)60-29(17-33(46)64)43(75)62-15-5-8-32(62)42(74)58-25(6-3-13-52-44(48)49)37(69)54-19-34(65)56-28(18-35(66)67)40(72)59-27(16-23-9-11-24(76-2)12-10-23)39(71)57-26(7-4-14-53-45(50)51)38(70)61-30(20-77)36(47)68/h9-12,25-32,77-78H,3-8,13-21H2,1-2H3,(H2,46,64)(H2,47,68)(H,54,69)(H,55,63)(H,56,65)(H,57,71)(H,58,74)(H,59,72)(H,60,73)(H,61,70)(H,66,67)(H4,48,49,52)(H4,50,51,53)/t25-,26+,27-,28-,29-,30-,31-,32-/m0/s1. The van der Waals surface area contributed by atoms with Gasteiger partial charge < -0.3 is 91.7 Å². The van der Waals surface area contributed by atoms with Gasteiger partial charge in [-0.2, -0.15) is 25.3 Å². The first-order chi connectivity index (χ1) is 36.8. The van der Waals surface area contributed by atoms with Crippen molar-refractivity contribution in [3.8, 4) is 5.75 Å². The Kier molecular flexibility index (Phi) is 28.6. The number of carboxylic acid groups (broad SMARTS) is 1. The molecule has 1 aliphatic heterocycles. The normalized spacial score (nSPS) is 15.3. The number of carbonyl (C=O) groups is 12. The second-order valence-corrected chi connectivity index (χ2v) is 18.3. The first-order valence-electron chi connectivity index (χ1n) is 24.2. The van der Waals surface area contributed by atoms with Gasteiger partial charge in [0.1, 0.15) is 54.1 Å². The van der Waals surface area contributed by atoms with Gasteiger partial charge in [0, 0.05) is 44.5 Å². The van der Waals surface area contributed by atoms with Gasteiger partial charge in [-0.25, -0.2) is 0 Å². The number of hydrogen-bond acceptors (Lipinski definition) is 17. The Morgan fingerprint density at radius 2 is 1.17 bits per heavy atom. The van der Waals surface area contributed by atoms with Crippen molar-refractivity contribution in [1.82, 2.24) is 47.4 Å². The summed E-state index contributed by atoms with van der Waals surface area (Å²) in [5.41, 5.74) is 32.9. The van der Waals surface area contributed by atoms with Gasteiger partial charge in [0.25, 0.3) is 0 Å². The molecule has 0 aliphatic carbocycles. The summed E-state index contributed by atoms with van der Waals surface area (Å²) in [6, 6.07) is -5.25. The summed E-state index contributed by atoms with van der Waals surface area (Å²) in [6.07, 6.45) is -1.65. The van der Waals surface area contributed by atoms with Crippen LogP contribution in [0.4, 0.5) is 0 Å². The third-order valence-electron chi connectivity index (χ3n) is 11.4. The highest BCUT2D eigenvalue weighted by Gasteiger charge is 2.40. The highest BCUT2D eigenvalue weighted by atomic mass is 32.1. The summed E-state index contributed by atoms with van der Waals surface area (Å²) >= 11 is 8.10. The van der Waals surface area contributed by atoms with Crippen LogP contribution in [-0.2, 0) is 64.0 Å². The lowest BCUT2D eigenvalue weighted by Gasteiger charge is -2.30. The van der Waals surface area contributed by atoms with Gasteiger partial charge in [0.05, 0.1) is 26.5 Å². The van der Waals surface area contributed by atoms with Gasteiger partial charge in [-0.1, -0.05) is 12.1 Å². The number of rotatable bonds is 34. The number of methoxy groups -OCH3 is 1. The minimum absolute atomic E-state index is 0.0146. The van der Waals surface area contributed by atoms with Crippen molar-refractivity contribution in [1.29, 1.82) is 0 Å². The Bertz CT molecular complexity index is 2370. The number of nitrogens with zero attached hydrogens (tertiary/aromatic N) is 3. The van der Waals surface area contributed by atoms with Gasteiger partial charge >= 0.3 is 5.97 Å². The van der Waals surface area contributed by atoms with Gasteiger partial charge in [-0.3, -0.25) is 67.5 Å². The number of nitrogens with two attached hydrogens (primary N) is 6. The Balaban J connectivity index is 2.38. The maximum Gasteiger partial charge on any atom is 0.305 e. The van der Waals surface area contributed by atoms with Gasteiger partial charge in [0.15, 0.2) is 11.9 Å². The van der Waals surface area contributed by atoms with E-state index in [1.54, 1.807) is 24.3 Å². The average molecular weight is 1140 g/mol. The molecule has 31 nitrogen and oxygen atoms in total. The van der Waals surface area contributed by atoms with Crippen LogP contribution in [0.1, 0.15) is 63.9 Å². The molecule has 1 saturated heterocycles. The molecule has 11 amide bonds. The van der Waals surface area contributed by atoms with Crippen molar-refractivity contribution in [2.75, 3.05) is 44.8 Å². The molecule has 1 aromatic rings. The predicted molar refractivity (Wildman–Crippen MR) is 286 cm³/mol. The molecule has 78 heavy (non-hydrogen) atoms. The number of ether oxygens (including phenoxy) is 1. The van der Waals surface area contributed by atoms with Crippen LogP contribution in [0.5, 0.6) is 5.75 Å². The molecule has 0 spiro atoms. The van der Waals surface area contributed by atoms with Crippen LogP contribution in [0.2, 0.25) is 0 Å². The minimum atomic E-state index is -1.89. The number of nitrogens with one attached hydrogen (secondary N) is 8. The minimum Gasteiger partial charge on any atom is -0.497 e. The monoisotopic (exact) mass is 1140 g/mol. The lowest BCUT2D eigenvalue weighted by atomic mass is 10.0. The Morgan fingerprint density at radius 3 is 1.68 bits per heavy atom. The Hall–Kier alpha value is -8.10. The second kappa shape index (κ2) is 33.8. The Labute approximate surface area is 459 Å². The van der Waals surface area contributed by atoms with E-state index in [1.807, 2.05) is 0 Å². The highest BCUT2D eigenvalue weighted by Crippen LogP contribution is 2.20. The quantitative estimate of drug-likeness (QED) is 0.0132. The van der Waals surface area contributed by atoms with Crippen LogP contribution in [0, 0.1) is 0 Å². The van der Waals surface area contributed by atoms with E-state index in [2.05, 4.69) is 77.8 Å². The van der Waals surface area contributed by atoms with Crippen molar-refractivity contribution in [3.63, 3.8) is 0 Å². The van der Waals surface area contributed by atoms with E-state index in [1.165, 1.54) is 7.11 Å². The predicted octanol–water partition coefficient (Wildman–Crippen LogP) is -7.44. The zero-order chi connectivity index (χ0) is 58.6. The molecule has 0 unspecified atom stereocenters. The zero-order valence-corrected chi connectivity index (χ0v) is 44.8. The van der Waals surface area contributed by atoms with Crippen molar-refractivity contribution < 1.29 is 67.4 Å². The molecule has 33 heteroatoms. The smallest absolute Gasteiger partial charge is 0.305 e. The van der Waals surface area contributed by atoms with E-state index < -0.39 is 139 Å².